The maximum atomic E-state index is 8.94. The topological polar surface area (TPSA) is 62.8 Å². The maximum absolute atomic E-state index is 8.94. The van der Waals surface area contributed by atoms with E-state index in [0.717, 1.165) is 23.1 Å². The summed E-state index contributed by atoms with van der Waals surface area (Å²) in [5.74, 6) is 1.73. The second-order valence-electron chi connectivity index (χ2n) is 4.90. The molecule has 0 saturated heterocycles. The summed E-state index contributed by atoms with van der Waals surface area (Å²) in [6.07, 6.45) is 0.808. The van der Waals surface area contributed by atoms with Crippen LogP contribution < -0.4 is 4.65 Å². The molecule has 0 radical (unpaired) electrons. The Kier molecular flexibility index (Phi) is 3.64. The molecular formula is C13H17BO4. The zero-order valence-electron chi connectivity index (χ0n) is 10.8. The third kappa shape index (κ3) is 2.86. The molecule has 0 saturated carbocycles. The van der Waals surface area contributed by atoms with E-state index < -0.39 is 7.32 Å². The first-order valence-electron chi connectivity index (χ1n) is 6.01. The van der Waals surface area contributed by atoms with Crippen molar-refractivity contribution in [2.24, 2.45) is 5.92 Å². The highest BCUT2D eigenvalue weighted by Gasteiger charge is 2.17. The number of furan rings is 1. The van der Waals surface area contributed by atoms with Crippen molar-refractivity contribution in [3.05, 3.63) is 29.5 Å². The second-order valence-corrected chi connectivity index (χ2v) is 4.90. The lowest BCUT2D eigenvalue weighted by molar-refractivity contribution is 0.286. The molecule has 5 heteroatoms. The Hall–Kier alpha value is -1.46. The molecular weight excluding hydrogens is 231 g/mol. The van der Waals surface area contributed by atoms with Gasteiger partial charge in [-0.05, 0) is 37.0 Å². The van der Waals surface area contributed by atoms with Crippen LogP contribution in [-0.4, -0.2) is 17.4 Å². The van der Waals surface area contributed by atoms with Gasteiger partial charge in [0.15, 0.2) is 0 Å². The predicted molar refractivity (Wildman–Crippen MR) is 70.3 cm³/mol. The van der Waals surface area contributed by atoms with Crippen LogP contribution in [-0.2, 0) is 6.42 Å². The first kappa shape index (κ1) is 13.0. The zero-order valence-corrected chi connectivity index (χ0v) is 10.8. The largest absolute Gasteiger partial charge is 0.707 e. The lowest BCUT2D eigenvalue weighted by Crippen LogP contribution is -2.21. The molecule has 2 rings (SSSR count). The highest BCUT2D eigenvalue weighted by Crippen LogP contribution is 2.30. The lowest BCUT2D eigenvalue weighted by Gasteiger charge is -2.12. The average molecular weight is 248 g/mol. The van der Waals surface area contributed by atoms with Crippen molar-refractivity contribution in [1.29, 1.82) is 0 Å². The van der Waals surface area contributed by atoms with Crippen LogP contribution in [0.1, 0.15) is 25.2 Å². The fourth-order valence-corrected chi connectivity index (χ4v) is 2.07. The van der Waals surface area contributed by atoms with Gasteiger partial charge in [-0.2, -0.15) is 0 Å². The fourth-order valence-electron chi connectivity index (χ4n) is 2.07. The summed E-state index contributed by atoms with van der Waals surface area (Å²) in [6, 6.07) is 5.64. The number of fused-ring (bicyclic) bond motifs is 1. The van der Waals surface area contributed by atoms with E-state index in [1.54, 1.807) is 6.07 Å². The quantitative estimate of drug-likeness (QED) is 0.815. The van der Waals surface area contributed by atoms with Crippen LogP contribution >= 0.6 is 0 Å². The van der Waals surface area contributed by atoms with Gasteiger partial charge in [0.25, 0.3) is 0 Å². The van der Waals surface area contributed by atoms with Crippen LogP contribution in [0.5, 0.6) is 5.75 Å². The summed E-state index contributed by atoms with van der Waals surface area (Å²) < 4.78 is 10.5. The Morgan fingerprint density at radius 2 is 2.00 bits per heavy atom. The van der Waals surface area contributed by atoms with E-state index in [-0.39, 0.29) is 0 Å². The predicted octanol–water partition coefficient (Wildman–Crippen LogP) is 2.29. The van der Waals surface area contributed by atoms with Gasteiger partial charge in [-0.1, -0.05) is 13.8 Å². The standard InChI is InChI=1S/C13H17BO4/c1-8(2)4-10-6-11-5-9(3)17-12(11)7-13(10)18-14(15)16/h5-8,15-16H,4H2,1-3H3. The summed E-state index contributed by atoms with van der Waals surface area (Å²) in [5, 5.41) is 18.9. The van der Waals surface area contributed by atoms with Crippen molar-refractivity contribution < 1.29 is 19.1 Å². The van der Waals surface area contributed by atoms with Crippen LogP contribution in [0, 0.1) is 12.8 Å². The van der Waals surface area contributed by atoms with E-state index in [1.807, 2.05) is 19.1 Å². The average Bonchev–Trinajstić information content (AvgIpc) is 2.56. The van der Waals surface area contributed by atoms with Gasteiger partial charge < -0.3 is 19.1 Å². The van der Waals surface area contributed by atoms with E-state index in [1.165, 1.54) is 0 Å². The van der Waals surface area contributed by atoms with Gasteiger partial charge >= 0.3 is 7.32 Å². The molecule has 0 aliphatic heterocycles. The van der Waals surface area contributed by atoms with E-state index in [4.69, 9.17) is 19.1 Å². The third-order valence-electron chi connectivity index (χ3n) is 2.68. The Morgan fingerprint density at radius 1 is 1.28 bits per heavy atom. The summed E-state index contributed by atoms with van der Waals surface area (Å²) in [6.45, 7) is 6.08. The van der Waals surface area contributed by atoms with Crippen LogP contribution in [0.4, 0.5) is 0 Å². The number of hydrogen-bond acceptors (Lipinski definition) is 4. The minimum Gasteiger partial charge on any atom is -0.512 e. The van der Waals surface area contributed by atoms with Crippen molar-refractivity contribution in [1.82, 2.24) is 0 Å². The Labute approximate surface area is 106 Å². The monoisotopic (exact) mass is 248 g/mol. The molecule has 96 valence electrons. The number of rotatable bonds is 4. The molecule has 0 spiro atoms. The fraction of sp³-hybridized carbons (Fsp3) is 0.385. The first-order valence-corrected chi connectivity index (χ1v) is 6.01. The summed E-state index contributed by atoms with van der Waals surface area (Å²) in [4.78, 5) is 0. The molecule has 2 N–H and O–H groups in total. The molecule has 1 aromatic carbocycles. The van der Waals surface area contributed by atoms with Crippen molar-refractivity contribution >= 4 is 18.3 Å². The van der Waals surface area contributed by atoms with Gasteiger partial charge in [0, 0.05) is 11.5 Å². The number of benzene rings is 1. The molecule has 0 unspecified atom stereocenters. The highest BCUT2D eigenvalue weighted by molar-refractivity contribution is 6.33. The molecule has 0 amide bonds. The third-order valence-corrected chi connectivity index (χ3v) is 2.68. The van der Waals surface area contributed by atoms with E-state index in [9.17, 15) is 0 Å². The molecule has 4 nitrogen and oxygen atoms in total. The number of aryl methyl sites for hydroxylation is 1. The van der Waals surface area contributed by atoms with Gasteiger partial charge in [0.2, 0.25) is 0 Å². The van der Waals surface area contributed by atoms with Crippen LogP contribution in [0.25, 0.3) is 11.0 Å². The Bertz CT molecular complexity index is 498. The SMILES string of the molecule is Cc1cc2cc(CC(C)C)c(OB(O)O)cc2o1. The van der Waals surface area contributed by atoms with E-state index in [0.29, 0.717) is 17.3 Å². The Morgan fingerprint density at radius 3 is 2.61 bits per heavy atom. The smallest absolute Gasteiger partial charge is 0.512 e. The molecule has 0 atom stereocenters. The molecule has 0 aliphatic carbocycles. The first-order chi connectivity index (χ1) is 8.45. The molecule has 0 fully saturated rings. The molecule has 0 bridgehead atoms. The molecule has 18 heavy (non-hydrogen) atoms. The molecule has 1 heterocycles. The summed E-state index contributed by atoms with van der Waals surface area (Å²) in [5.41, 5.74) is 1.64. The minimum absolute atomic E-state index is 0.452. The van der Waals surface area contributed by atoms with Crippen molar-refractivity contribution in [2.45, 2.75) is 27.2 Å². The van der Waals surface area contributed by atoms with Crippen LogP contribution in [0.15, 0.2) is 22.6 Å². The van der Waals surface area contributed by atoms with Crippen molar-refractivity contribution in [3.63, 3.8) is 0 Å². The van der Waals surface area contributed by atoms with Crippen molar-refractivity contribution in [2.75, 3.05) is 0 Å². The second kappa shape index (κ2) is 5.04. The van der Waals surface area contributed by atoms with Gasteiger partial charge in [-0.25, -0.2) is 0 Å². The molecule has 2 aromatic rings. The van der Waals surface area contributed by atoms with Gasteiger partial charge in [-0.3, -0.25) is 0 Å². The summed E-state index contributed by atoms with van der Waals surface area (Å²) in [7, 11) is -1.82. The van der Waals surface area contributed by atoms with Gasteiger partial charge in [0.1, 0.15) is 17.1 Å². The minimum atomic E-state index is -1.82. The lowest BCUT2D eigenvalue weighted by atomic mass is 10.00. The maximum Gasteiger partial charge on any atom is 0.707 e. The molecule has 0 aliphatic rings. The zero-order chi connectivity index (χ0) is 13.3. The highest BCUT2D eigenvalue weighted by atomic mass is 16.6. The van der Waals surface area contributed by atoms with Crippen LogP contribution in [0.3, 0.4) is 0 Å². The Balaban J connectivity index is 2.48. The number of hydrogen-bond donors (Lipinski definition) is 2. The summed E-state index contributed by atoms with van der Waals surface area (Å²) >= 11 is 0. The van der Waals surface area contributed by atoms with Crippen LogP contribution in [0.2, 0.25) is 0 Å². The molecule has 1 aromatic heterocycles. The van der Waals surface area contributed by atoms with Crippen molar-refractivity contribution in [3.8, 4) is 5.75 Å². The van der Waals surface area contributed by atoms with E-state index in [2.05, 4.69) is 13.8 Å². The van der Waals surface area contributed by atoms with Gasteiger partial charge in [0.05, 0.1) is 0 Å². The van der Waals surface area contributed by atoms with Gasteiger partial charge in [-0.15, -0.1) is 0 Å². The van der Waals surface area contributed by atoms with E-state index >= 15 is 0 Å². The normalized spacial score (nSPS) is 11.2.